The van der Waals surface area contributed by atoms with E-state index in [2.05, 4.69) is 6.92 Å². The topological polar surface area (TPSA) is 59.8 Å². The highest BCUT2D eigenvalue weighted by molar-refractivity contribution is 5.95. The maximum absolute atomic E-state index is 12.5. The zero-order valence-electron chi connectivity index (χ0n) is 13.0. The van der Waals surface area contributed by atoms with E-state index in [-0.39, 0.29) is 17.4 Å². The first-order valence-electron chi connectivity index (χ1n) is 7.56. The van der Waals surface area contributed by atoms with Crippen molar-refractivity contribution in [3.8, 4) is 0 Å². The monoisotopic (exact) mass is 293 g/mol. The number of hydrogen-bond donors (Lipinski definition) is 0. The maximum atomic E-state index is 12.5. The van der Waals surface area contributed by atoms with E-state index in [0.717, 1.165) is 12.8 Å². The molecule has 5 heteroatoms. The van der Waals surface area contributed by atoms with E-state index in [9.17, 15) is 9.59 Å². The van der Waals surface area contributed by atoms with E-state index >= 15 is 0 Å². The lowest BCUT2D eigenvalue weighted by Gasteiger charge is -2.27. The average molecular weight is 293 g/mol. The molecule has 116 valence electrons. The fourth-order valence-electron chi connectivity index (χ4n) is 2.63. The highest BCUT2D eigenvalue weighted by atomic mass is 16.5. The Bertz CT molecular complexity index is 558. The van der Waals surface area contributed by atoms with Gasteiger partial charge in [-0.3, -0.25) is 4.79 Å². The minimum atomic E-state index is -0.524. The second kappa shape index (κ2) is 6.89. The number of rotatable bonds is 4. The summed E-state index contributed by atoms with van der Waals surface area (Å²) in [6.07, 6.45) is 1.98. The first-order valence-corrected chi connectivity index (χ1v) is 7.56. The van der Waals surface area contributed by atoms with Crippen LogP contribution in [0.4, 0.5) is 0 Å². The van der Waals surface area contributed by atoms with Gasteiger partial charge in [-0.25, -0.2) is 4.79 Å². The molecule has 2 rings (SSSR count). The van der Waals surface area contributed by atoms with Crippen molar-refractivity contribution in [3.63, 3.8) is 0 Å². The van der Waals surface area contributed by atoms with Crippen LogP contribution in [0.1, 0.15) is 54.3 Å². The first-order chi connectivity index (χ1) is 10.0. The average Bonchev–Trinajstić information content (AvgIpc) is 2.47. The van der Waals surface area contributed by atoms with Gasteiger partial charge in [-0.15, -0.1) is 0 Å². The van der Waals surface area contributed by atoms with Gasteiger partial charge in [0.05, 0.1) is 13.2 Å². The van der Waals surface area contributed by atoms with Crippen molar-refractivity contribution in [2.45, 2.75) is 39.5 Å². The number of amides is 1. The van der Waals surface area contributed by atoms with Crippen molar-refractivity contribution in [3.05, 3.63) is 33.4 Å². The van der Waals surface area contributed by atoms with Crippen molar-refractivity contribution in [1.29, 1.82) is 0 Å². The Morgan fingerprint density at radius 3 is 2.62 bits per heavy atom. The van der Waals surface area contributed by atoms with Crippen LogP contribution >= 0.6 is 0 Å². The zero-order valence-corrected chi connectivity index (χ0v) is 13.0. The molecule has 0 N–H and O–H groups in total. The molecule has 21 heavy (non-hydrogen) atoms. The summed E-state index contributed by atoms with van der Waals surface area (Å²) < 4.78 is 10.6. The van der Waals surface area contributed by atoms with E-state index in [4.69, 9.17) is 9.15 Å². The number of hydrogen-bond acceptors (Lipinski definition) is 4. The number of carbonyl (C=O) groups excluding carboxylic acids is 1. The van der Waals surface area contributed by atoms with E-state index in [1.54, 1.807) is 11.8 Å². The van der Waals surface area contributed by atoms with Crippen molar-refractivity contribution in [1.82, 2.24) is 4.90 Å². The van der Waals surface area contributed by atoms with Gasteiger partial charge in [0.1, 0.15) is 11.3 Å². The van der Waals surface area contributed by atoms with Crippen LogP contribution in [-0.2, 0) is 4.74 Å². The van der Waals surface area contributed by atoms with E-state index in [1.807, 2.05) is 13.0 Å². The second-order valence-electron chi connectivity index (χ2n) is 5.59. The number of nitrogens with zero attached hydrogens (tertiary/aromatic N) is 1. The molecule has 5 nitrogen and oxygen atoms in total. The van der Waals surface area contributed by atoms with Gasteiger partial charge in [0.15, 0.2) is 0 Å². The van der Waals surface area contributed by atoms with Gasteiger partial charge in [0.25, 0.3) is 5.91 Å². The maximum Gasteiger partial charge on any atom is 0.349 e. The molecule has 1 aliphatic heterocycles. The number of ether oxygens (including phenoxy) is 1. The lowest BCUT2D eigenvalue weighted by Crippen LogP contribution is -2.42. The molecule has 1 unspecified atom stereocenters. The Morgan fingerprint density at radius 1 is 1.38 bits per heavy atom. The molecule has 0 saturated carbocycles. The Labute approximate surface area is 124 Å². The molecular weight excluding hydrogens is 270 g/mol. The summed E-state index contributed by atoms with van der Waals surface area (Å²) in [5.74, 6) is 0.603. The van der Waals surface area contributed by atoms with Crippen LogP contribution in [0.2, 0.25) is 0 Å². The molecule has 0 radical (unpaired) electrons. The zero-order chi connectivity index (χ0) is 15.4. The van der Waals surface area contributed by atoms with Crippen molar-refractivity contribution in [2.75, 3.05) is 26.3 Å². The SMILES string of the molecule is CCCC(C)c1cc(C)c(C(=O)N2CCOCC2)c(=O)o1. The summed E-state index contributed by atoms with van der Waals surface area (Å²) in [7, 11) is 0. The Hall–Kier alpha value is -1.62. The summed E-state index contributed by atoms with van der Waals surface area (Å²) in [6, 6.07) is 1.83. The fourth-order valence-corrected chi connectivity index (χ4v) is 2.63. The lowest BCUT2D eigenvalue weighted by molar-refractivity contribution is 0.0299. The summed E-state index contributed by atoms with van der Waals surface area (Å²) >= 11 is 0. The number of carbonyl (C=O) groups is 1. The van der Waals surface area contributed by atoms with Crippen LogP contribution in [0.3, 0.4) is 0 Å². The molecule has 1 atom stereocenters. The van der Waals surface area contributed by atoms with Gasteiger partial charge in [-0.05, 0) is 25.0 Å². The van der Waals surface area contributed by atoms with Crippen molar-refractivity contribution < 1.29 is 13.9 Å². The largest absolute Gasteiger partial charge is 0.427 e. The van der Waals surface area contributed by atoms with Crippen LogP contribution < -0.4 is 5.63 Å². The van der Waals surface area contributed by atoms with Crippen LogP contribution in [0, 0.1) is 6.92 Å². The molecule has 0 aromatic carbocycles. The van der Waals surface area contributed by atoms with Crippen molar-refractivity contribution >= 4 is 5.91 Å². The highest BCUT2D eigenvalue weighted by Crippen LogP contribution is 2.21. The van der Waals surface area contributed by atoms with E-state index in [0.29, 0.717) is 37.6 Å². The third-order valence-corrected chi connectivity index (χ3v) is 3.89. The van der Waals surface area contributed by atoms with Crippen LogP contribution in [-0.4, -0.2) is 37.1 Å². The fraction of sp³-hybridized carbons (Fsp3) is 0.625. The molecule has 1 amide bonds. The standard InChI is InChI=1S/C16H23NO4/c1-4-5-11(2)13-10-12(3)14(16(19)21-13)15(18)17-6-8-20-9-7-17/h10-11H,4-9H2,1-3H3. The Morgan fingerprint density at radius 2 is 2.05 bits per heavy atom. The van der Waals surface area contributed by atoms with Gasteiger partial charge in [0.2, 0.25) is 0 Å². The number of morpholine rings is 1. The molecule has 2 heterocycles. The van der Waals surface area contributed by atoms with Crippen molar-refractivity contribution in [2.24, 2.45) is 0 Å². The summed E-state index contributed by atoms with van der Waals surface area (Å²) in [5, 5.41) is 0. The highest BCUT2D eigenvalue weighted by Gasteiger charge is 2.24. The third-order valence-electron chi connectivity index (χ3n) is 3.89. The molecule has 1 aromatic rings. The Balaban J connectivity index is 2.28. The minimum absolute atomic E-state index is 0.157. The summed E-state index contributed by atoms with van der Waals surface area (Å²) in [5.41, 5.74) is 0.328. The van der Waals surface area contributed by atoms with E-state index < -0.39 is 5.63 Å². The van der Waals surface area contributed by atoms with Crippen LogP contribution in [0.15, 0.2) is 15.3 Å². The van der Waals surface area contributed by atoms with Gasteiger partial charge in [-0.2, -0.15) is 0 Å². The van der Waals surface area contributed by atoms with Crippen LogP contribution in [0.5, 0.6) is 0 Å². The second-order valence-corrected chi connectivity index (χ2v) is 5.59. The molecule has 0 bridgehead atoms. The smallest absolute Gasteiger partial charge is 0.349 e. The molecule has 0 aliphatic carbocycles. The third kappa shape index (κ3) is 3.53. The first kappa shape index (κ1) is 15.8. The number of aryl methyl sites for hydroxylation is 1. The minimum Gasteiger partial charge on any atom is -0.427 e. The van der Waals surface area contributed by atoms with Gasteiger partial charge < -0.3 is 14.1 Å². The molecule has 1 aromatic heterocycles. The lowest BCUT2D eigenvalue weighted by atomic mass is 10.0. The Kier molecular flexibility index (Phi) is 5.17. The van der Waals surface area contributed by atoms with Gasteiger partial charge >= 0.3 is 5.63 Å². The quantitative estimate of drug-likeness (QED) is 0.855. The summed E-state index contributed by atoms with van der Waals surface area (Å²) in [6.45, 7) is 8.00. The predicted octanol–water partition coefficient (Wildman–Crippen LogP) is 2.32. The molecule has 1 fully saturated rings. The van der Waals surface area contributed by atoms with Gasteiger partial charge in [0, 0.05) is 19.0 Å². The normalized spacial score (nSPS) is 16.8. The summed E-state index contributed by atoms with van der Waals surface area (Å²) in [4.78, 5) is 26.3. The van der Waals surface area contributed by atoms with Crippen LogP contribution in [0.25, 0.3) is 0 Å². The molecule has 1 aliphatic rings. The van der Waals surface area contributed by atoms with Gasteiger partial charge in [-0.1, -0.05) is 20.3 Å². The molecule has 1 saturated heterocycles. The molecule has 0 spiro atoms. The molecular formula is C16H23NO4. The van der Waals surface area contributed by atoms with E-state index in [1.165, 1.54) is 0 Å². The predicted molar refractivity (Wildman–Crippen MR) is 79.8 cm³/mol.